The first kappa shape index (κ1) is 17.6. The van der Waals surface area contributed by atoms with Crippen LogP contribution in [-0.4, -0.2) is 50.0 Å². The highest BCUT2D eigenvalue weighted by atomic mass is 16.5. The van der Waals surface area contributed by atoms with E-state index in [1.54, 1.807) is 51.4 Å². The second-order valence-corrected chi connectivity index (χ2v) is 5.00. The number of carbonyl (C=O) groups is 2. The van der Waals surface area contributed by atoms with Gasteiger partial charge in [-0.15, -0.1) is 6.58 Å². The van der Waals surface area contributed by atoms with Crippen molar-refractivity contribution in [1.82, 2.24) is 10.2 Å². The molecule has 0 aromatic heterocycles. The predicted octanol–water partition coefficient (Wildman–Crippen LogP) is 1.26. The van der Waals surface area contributed by atoms with Crippen molar-refractivity contribution in [3.8, 4) is 5.75 Å². The van der Waals surface area contributed by atoms with Crippen LogP contribution in [0.5, 0.6) is 5.75 Å². The van der Waals surface area contributed by atoms with Crippen LogP contribution in [0.2, 0.25) is 0 Å². The Morgan fingerprint density at radius 2 is 1.95 bits per heavy atom. The molecule has 0 aliphatic rings. The van der Waals surface area contributed by atoms with Crippen LogP contribution in [-0.2, 0) is 9.59 Å². The maximum absolute atomic E-state index is 11.7. The standard InChI is InChI=1S/C16H23N3O3/c1-5-10-17-16(21)12(2)18-13-6-8-14(9-7-13)22-11-15(20)19(3)4/h5-9,12,18H,1,10-11H2,2-4H3,(H,17,21)/t12-/m0/s1. The highest BCUT2D eigenvalue weighted by Gasteiger charge is 2.11. The minimum Gasteiger partial charge on any atom is -0.484 e. The van der Waals surface area contributed by atoms with Gasteiger partial charge in [0.1, 0.15) is 11.8 Å². The van der Waals surface area contributed by atoms with Crippen LogP contribution in [0.3, 0.4) is 0 Å². The van der Waals surface area contributed by atoms with Crippen molar-refractivity contribution in [2.45, 2.75) is 13.0 Å². The molecular weight excluding hydrogens is 282 g/mol. The van der Waals surface area contributed by atoms with Gasteiger partial charge in [-0.25, -0.2) is 0 Å². The molecule has 0 fully saturated rings. The molecule has 0 spiro atoms. The molecule has 1 aromatic rings. The molecule has 0 saturated carbocycles. The van der Waals surface area contributed by atoms with E-state index in [0.29, 0.717) is 12.3 Å². The van der Waals surface area contributed by atoms with Crippen LogP contribution in [0.4, 0.5) is 5.69 Å². The zero-order valence-corrected chi connectivity index (χ0v) is 13.3. The van der Waals surface area contributed by atoms with E-state index in [1.807, 2.05) is 0 Å². The van der Waals surface area contributed by atoms with Crippen molar-refractivity contribution in [3.63, 3.8) is 0 Å². The van der Waals surface area contributed by atoms with E-state index < -0.39 is 0 Å². The van der Waals surface area contributed by atoms with Gasteiger partial charge < -0.3 is 20.3 Å². The number of nitrogens with zero attached hydrogens (tertiary/aromatic N) is 1. The molecule has 1 aromatic carbocycles. The van der Waals surface area contributed by atoms with Gasteiger partial charge >= 0.3 is 0 Å². The summed E-state index contributed by atoms with van der Waals surface area (Å²) in [7, 11) is 3.36. The van der Waals surface area contributed by atoms with Crippen molar-refractivity contribution >= 4 is 17.5 Å². The summed E-state index contributed by atoms with van der Waals surface area (Å²) >= 11 is 0. The van der Waals surface area contributed by atoms with Crippen molar-refractivity contribution in [2.24, 2.45) is 0 Å². The second kappa shape index (κ2) is 8.71. The van der Waals surface area contributed by atoms with E-state index >= 15 is 0 Å². The van der Waals surface area contributed by atoms with Crippen LogP contribution in [0, 0.1) is 0 Å². The number of carbonyl (C=O) groups excluding carboxylic acids is 2. The first-order valence-electron chi connectivity index (χ1n) is 7.02. The third-order valence-electron chi connectivity index (χ3n) is 2.91. The van der Waals surface area contributed by atoms with E-state index in [-0.39, 0.29) is 24.5 Å². The molecule has 6 nitrogen and oxygen atoms in total. The highest BCUT2D eigenvalue weighted by Crippen LogP contribution is 2.16. The Kier molecular flexibility index (Phi) is 6.95. The largest absolute Gasteiger partial charge is 0.484 e. The molecule has 0 unspecified atom stereocenters. The molecule has 1 atom stereocenters. The Hall–Kier alpha value is -2.50. The SMILES string of the molecule is C=CCNC(=O)[C@H](C)Nc1ccc(OCC(=O)N(C)C)cc1. The summed E-state index contributed by atoms with van der Waals surface area (Å²) < 4.78 is 5.38. The van der Waals surface area contributed by atoms with Crippen molar-refractivity contribution in [3.05, 3.63) is 36.9 Å². The number of benzene rings is 1. The molecule has 2 N–H and O–H groups in total. The molecule has 1 rings (SSSR count). The minimum absolute atomic E-state index is 0.000136. The van der Waals surface area contributed by atoms with Crippen molar-refractivity contribution in [1.29, 1.82) is 0 Å². The van der Waals surface area contributed by atoms with Gasteiger partial charge in [0.15, 0.2) is 6.61 Å². The molecule has 2 amide bonds. The summed E-state index contributed by atoms with van der Waals surface area (Å²) in [5, 5.41) is 5.80. The van der Waals surface area contributed by atoms with E-state index in [2.05, 4.69) is 17.2 Å². The second-order valence-electron chi connectivity index (χ2n) is 5.00. The lowest BCUT2D eigenvalue weighted by atomic mass is 10.2. The van der Waals surface area contributed by atoms with E-state index in [0.717, 1.165) is 5.69 Å². The number of amides is 2. The Labute approximate surface area is 131 Å². The zero-order valence-electron chi connectivity index (χ0n) is 13.3. The zero-order chi connectivity index (χ0) is 16.5. The van der Waals surface area contributed by atoms with Crippen molar-refractivity contribution < 1.29 is 14.3 Å². The van der Waals surface area contributed by atoms with Crippen LogP contribution >= 0.6 is 0 Å². The van der Waals surface area contributed by atoms with Crippen LogP contribution in [0.25, 0.3) is 0 Å². The fourth-order valence-corrected chi connectivity index (χ4v) is 1.56. The van der Waals surface area contributed by atoms with Gasteiger partial charge in [-0.05, 0) is 31.2 Å². The molecule has 0 bridgehead atoms. The number of rotatable bonds is 8. The summed E-state index contributed by atoms with van der Waals surface area (Å²) in [6.07, 6.45) is 1.63. The average Bonchev–Trinajstić information content (AvgIpc) is 2.51. The predicted molar refractivity (Wildman–Crippen MR) is 86.9 cm³/mol. The van der Waals surface area contributed by atoms with Gasteiger partial charge in [0.05, 0.1) is 0 Å². The summed E-state index contributed by atoms with van der Waals surface area (Å²) in [6.45, 7) is 5.77. The molecule has 120 valence electrons. The Morgan fingerprint density at radius 3 is 2.50 bits per heavy atom. The third kappa shape index (κ3) is 5.87. The Morgan fingerprint density at radius 1 is 1.32 bits per heavy atom. The fraction of sp³-hybridized carbons (Fsp3) is 0.375. The van der Waals surface area contributed by atoms with E-state index in [4.69, 9.17) is 4.74 Å². The van der Waals surface area contributed by atoms with Gasteiger partial charge in [0.25, 0.3) is 5.91 Å². The summed E-state index contributed by atoms with van der Waals surface area (Å²) in [6, 6.07) is 6.74. The topological polar surface area (TPSA) is 70.7 Å². The molecule has 0 aliphatic heterocycles. The molecule has 0 saturated heterocycles. The smallest absolute Gasteiger partial charge is 0.259 e. The Balaban J connectivity index is 2.49. The van der Waals surface area contributed by atoms with E-state index in [1.165, 1.54) is 4.90 Å². The average molecular weight is 305 g/mol. The van der Waals surface area contributed by atoms with Gasteiger partial charge in [0.2, 0.25) is 5.91 Å². The molecule has 22 heavy (non-hydrogen) atoms. The summed E-state index contributed by atoms with van der Waals surface area (Å²) in [5.74, 6) is 0.399. The van der Waals surface area contributed by atoms with Crippen molar-refractivity contribution in [2.75, 3.05) is 32.6 Å². The third-order valence-corrected chi connectivity index (χ3v) is 2.91. The normalized spacial score (nSPS) is 11.2. The molecule has 0 heterocycles. The van der Waals surface area contributed by atoms with E-state index in [9.17, 15) is 9.59 Å². The minimum atomic E-state index is -0.359. The number of likely N-dealkylation sites (N-methyl/N-ethyl adjacent to an activating group) is 1. The lowest BCUT2D eigenvalue weighted by Crippen LogP contribution is -2.37. The van der Waals surface area contributed by atoms with Gasteiger partial charge in [-0.3, -0.25) is 9.59 Å². The number of anilines is 1. The number of ether oxygens (including phenoxy) is 1. The fourth-order valence-electron chi connectivity index (χ4n) is 1.56. The summed E-state index contributed by atoms with van der Waals surface area (Å²) in [4.78, 5) is 24.6. The number of nitrogens with one attached hydrogen (secondary N) is 2. The molecule has 0 aliphatic carbocycles. The quantitative estimate of drug-likeness (QED) is 0.709. The van der Waals surface area contributed by atoms with Gasteiger partial charge in [0, 0.05) is 26.3 Å². The van der Waals surface area contributed by atoms with Crippen LogP contribution in [0.15, 0.2) is 36.9 Å². The lowest BCUT2D eigenvalue weighted by Gasteiger charge is -2.15. The maximum atomic E-state index is 11.7. The molecular formula is C16H23N3O3. The van der Waals surface area contributed by atoms with Gasteiger partial charge in [-0.2, -0.15) is 0 Å². The van der Waals surface area contributed by atoms with Crippen LogP contribution in [0.1, 0.15) is 6.92 Å². The van der Waals surface area contributed by atoms with Gasteiger partial charge in [-0.1, -0.05) is 6.08 Å². The molecule has 6 heteroatoms. The lowest BCUT2D eigenvalue weighted by molar-refractivity contribution is -0.130. The Bertz CT molecular complexity index is 512. The molecule has 0 radical (unpaired) electrons. The highest BCUT2D eigenvalue weighted by molar-refractivity contribution is 5.84. The first-order chi connectivity index (χ1) is 10.4. The monoisotopic (exact) mass is 305 g/mol. The first-order valence-corrected chi connectivity index (χ1v) is 7.02. The number of hydrogen-bond acceptors (Lipinski definition) is 4. The number of hydrogen-bond donors (Lipinski definition) is 2. The summed E-state index contributed by atoms with van der Waals surface area (Å²) in [5.41, 5.74) is 0.799. The maximum Gasteiger partial charge on any atom is 0.259 e. The van der Waals surface area contributed by atoms with Crippen LogP contribution < -0.4 is 15.4 Å².